The molecule has 0 saturated carbocycles. The second kappa shape index (κ2) is 10.0. The molecule has 4 rings (SSSR count). The van der Waals surface area contributed by atoms with E-state index >= 15 is 0 Å². The number of nitrogens with zero attached hydrogens (tertiary/aromatic N) is 2. The molecule has 3 nitrogen and oxygen atoms in total. The van der Waals surface area contributed by atoms with Crippen molar-refractivity contribution >= 4 is 17.2 Å². The van der Waals surface area contributed by atoms with Gasteiger partial charge in [-0.15, -0.1) is 0 Å². The Labute approximate surface area is 183 Å². The standard InChI is InChI=1S/C26H27ClN2O/c27-24-10-8-21(9-11-24)22-12-16-29(17-13-22)18-14-26(30)23-6-4-20(5-7-23)19-25-3-1-2-15-28-25/h1-12,15,26,30H,13-14,16-19H2. The fourth-order valence-corrected chi connectivity index (χ4v) is 4.01. The van der Waals surface area contributed by atoms with E-state index in [1.165, 1.54) is 16.7 Å². The molecule has 0 radical (unpaired) electrons. The predicted molar refractivity (Wildman–Crippen MR) is 124 cm³/mol. The molecule has 0 bridgehead atoms. The van der Waals surface area contributed by atoms with E-state index in [0.717, 1.165) is 55.2 Å². The fourth-order valence-electron chi connectivity index (χ4n) is 3.88. The molecule has 1 aliphatic heterocycles. The molecular formula is C26H27ClN2O. The molecule has 0 amide bonds. The molecule has 2 heterocycles. The number of rotatable bonds is 7. The van der Waals surface area contributed by atoms with E-state index in [1.807, 2.05) is 48.7 Å². The third-order valence-electron chi connectivity index (χ3n) is 5.70. The molecule has 4 heteroatoms. The van der Waals surface area contributed by atoms with E-state index in [2.05, 4.69) is 40.2 Å². The van der Waals surface area contributed by atoms with Crippen molar-refractivity contribution in [2.24, 2.45) is 0 Å². The maximum Gasteiger partial charge on any atom is 0.0802 e. The second-order valence-electron chi connectivity index (χ2n) is 7.83. The number of halogens is 1. The van der Waals surface area contributed by atoms with Gasteiger partial charge in [0.15, 0.2) is 0 Å². The fraction of sp³-hybridized carbons (Fsp3) is 0.269. The van der Waals surface area contributed by atoms with Crippen molar-refractivity contribution in [1.82, 2.24) is 9.88 Å². The van der Waals surface area contributed by atoms with Gasteiger partial charge in [-0.25, -0.2) is 0 Å². The van der Waals surface area contributed by atoms with E-state index < -0.39 is 6.10 Å². The molecule has 1 aromatic heterocycles. The van der Waals surface area contributed by atoms with Crippen LogP contribution in [0.4, 0.5) is 0 Å². The zero-order valence-electron chi connectivity index (χ0n) is 17.0. The van der Waals surface area contributed by atoms with Crippen LogP contribution in [0.25, 0.3) is 5.57 Å². The molecule has 0 saturated heterocycles. The largest absolute Gasteiger partial charge is 0.388 e. The number of hydrogen-bond donors (Lipinski definition) is 1. The Bertz CT molecular complexity index is 968. The lowest BCUT2D eigenvalue weighted by atomic mass is 9.99. The molecule has 1 N–H and O–H groups in total. The molecule has 0 aliphatic carbocycles. The first-order valence-corrected chi connectivity index (χ1v) is 10.9. The highest BCUT2D eigenvalue weighted by molar-refractivity contribution is 6.30. The van der Waals surface area contributed by atoms with Crippen LogP contribution in [-0.2, 0) is 6.42 Å². The van der Waals surface area contributed by atoms with Gasteiger partial charge in [0, 0.05) is 43.0 Å². The van der Waals surface area contributed by atoms with Crippen LogP contribution in [0.3, 0.4) is 0 Å². The van der Waals surface area contributed by atoms with Crippen molar-refractivity contribution in [2.75, 3.05) is 19.6 Å². The number of benzene rings is 2. The smallest absolute Gasteiger partial charge is 0.0802 e. The summed E-state index contributed by atoms with van der Waals surface area (Å²) < 4.78 is 0. The quantitative estimate of drug-likeness (QED) is 0.547. The monoisotopic (exact) mass is 418 g/mol. The van der Waals surface area contributed by atoms with Crippen molar-refractivity contribution < 1.29 is 5.11 Å². The summed E-state index contributed by atoms with van der Waals surface area (Å²) in [4.78, 5) is 6.78. The maximum atomic E-state index is 10.6. The van der Waals surface area contributed by atoms with Gasteiger partial charge >= 0.3 is 0 Å². The van der Waals surface area contributed by atoms with Crippen molar-refractivity contribution in [3.8, 4) is 0 Å². The summed E-state index contributed by atoms with van der Waals surface area (Å²) in [6.45, 7) is 2.83. The lowest BCUT2D eigenvalue weighted by molar-refractivity contribution is 0.145. The summed E-state index contributed by atoms with van der Waals surface area (Å²) in [5.41, 5.74) is 5.88. The minimum absolute atomic E-state index is 0.435. The van der Waals surface area contributed by atoms with Crippen molar-refractivity contribution in [2.45, 2.75) is 25.4 Å². The van der Waals surface area contributed by atoms with Gasteiger partial charge in [-0.1, -0.05) is 60.1 Å². The average molecular weight is 419 g/mol. The Kier molecular flexibility index (Phi) is 6.96. The van der Waals surface area contributed by atoms with Crippen LogP contribution in [0.1, 0.15) is 41.3 Å². The first-order valence-electron chi connectivity index (χ1n) is 10.5. The summed E-state index contributed by atoms with van der Waals surface area (Å²) in [7, 11) is 0. The number of hydrogen-bond acceptors (Lipinski definition) is 3. The van der Waals surface area contributed by atoms with Crippen LogP contribution in [0.5, 0.6) is 0 Å². The van der Waals surface area contributed by atoms with E-state index in [1.54, 1.807) is 0 Å². The molecule has 1 unspecified atom stereocenters. The van der Waals surface area contributed by atoms with E-state index in [4.69, 9.17) is 11.6 Å². The first-order chi connectivity index (χ1) is 14.7. The minimum Gasteiger partial charge on any atom is -0.388 e. The van der Waals surface area contributed by atoms with Crippen LogP contribution >= 0.6 is 11.6 Å². The van der Waals surface area contributed by atoms with Gasteiger partial charge in [0.1, 0.15) is 0 Å². The van der Waals surface area contributed by atoms with Crippen molar-refractivity contribution in [3.05, 3.63) is 106 Å². The Balaban J connectivity index is 1.26. The molecule has 1 atom stereocenters. The number of aliphatic hydroxyl groups is 1. The van der Waals surface area contributed by atoms with Gasteiger partial charge in [0.05, 0.1) is 6.10 Å². The molecule has 2 aromatic carbocycles. The topological polar surface area (TPSA) is 36.4 Å². The van der Waals surface area contributed by atoms with Crippen LogP contribution < -0.4 is 0 Å². The SMILES string of the molecule is OC(CCN1CC=C(c2ccc(Cl)cc2)CC1)c1ccc(Cc2ccccn2)cc1. The molecule has 3 aromatic rings. The zero-order chi connectivity index (χ0) is 20.8. The Morgan fingerprint density at radius 3 is 2.47 bits per heavy atom. The third-order valence-corrected chi connectivity index (χ3v) is 5.95. The molecule has 30 heavy (non-hydrogen) atoms. The summed E-state index contributed by atoms with van der Waals surface area (Å²) >= 11 is 5.99. The highest BCUT2D eigenvalue weighted by Gasteiger charge is 2.15. The second-order valence-corrected chi connectivity index (χ2v) is 8.27. The average Bonchev–Trinajstić information content (AvgIpc) is 2.80. The predicted octanol–water partition coefficient (Wildman–Crippen LogP) is 5.54. The van der Waals surface area contributed by atoms with Crippen molar-refractivity contribution in [3.63, 3.8) is 0 Å². The maximum absolute atomic E-state index is 10.6. The van der Waals surface area contributed by atoms with Crippen LogP contribution in [0.15, 0.2) is 79.0 Å². The molecule has 154 valence electrons. The number of aliphatic hydroxyl groups excluding tert-OH is 1. The van der Waals surface area contributed by atoms with Gasteiger partial charge in [-0.3, -0.25) is 9.88 Å². The van der Waals surface area contributed by atoms with E-state index in [0.29, 0.717) is 0 Å². The third kappa shape index (κ3) is 5.57. The van der Waals surface area contributed by atoms with Gasteiger partial charge in [-0.2, -0.15) is 0 Å². The summed E-state index contributed by atoms with van der Waals surface area (Å²) in [6, 6.07) is 22.3. The lowest BCUT2D eigenvalue weighted by Crippen LogP contribution is -2.30. The molecule has 0 fully saturated rings. The number of aromatic nitrogens is 1. The highest BCUT2D eigenvalue weighted by Crippen LogP contribution is 2.25. The van der Waals surface area contributed by atoms with Crippen LogP contribution in [0, 0.1) is 0 Å². The highest BCUT2D eigenvalue weighted by atomic mass is 35.5. The van der Waals surface area contributed by atoms with Gasteiger partial charge in [-0.05, 0) is 59.4 Å². The Morgan fingerprint density at radius 2 is 1.80 bits per heavy atom. The van der Waals surface area contributed by atoms with Gasteiger partial charge in [0.2, 0.25) is 0 Å². The van der Waals surface area contributed by atoms with E-state index in [9.17, 15) is 5.11 Å². The number of pyridine rings is 1. The van der Waals surface area contributed by atoms with E-state index in [-0.39, 0.29) is 0 Å². The zero-order valence-corrected chi connectivity index (χ0v) is 17.8. The van der Waals surface area contributed by atoms with Gasteiger partial charge in [0.25, 0.3) is 0 Å². The first kappa shape index (κ1) is 20.8. The van der Waals surface area contributed by atoms with Crippen LogP contribution in [0.2, 0.25) is 5.02 Å². The summed E-state index contributed by atoms with van der Waals surface area (Å²) in [5, 5.41) is 11.4. The normalized spacial score (nSPS) is 15.6. The molecular weight excluding hydrogens is 392 g/mol. The Hall–Kier alpha value is -2.46. The van der Waals surface area contributed by atoms with Gasteiger partial charge < -0.3 is 5.11 Å². The van der Waals surface area contributed by atoms with Crippen LogP contribution in [-0.4, -0.2) is 34.6 Å². The Morgan fingerprint density at radius 1 is 1.00 bits per heavy atom. The lowest BCUT2D eigenvalue weighted by Gasteiger charge is -2.27. The molecule has 1 aliphatic rings. The minimum atomic E-state index is -0.435. The molecule has 0 spiro atoms. The summed E-state index contributed by atoms with van der Waals surface area (Å²) in [5.74, 6) is 0. The summed E-state index contributed by atoms with van der Waals surface area (Å²) in [6.07, 6.45) is 6.26. The van der Waals surface area contributed by atoms with Crippen molar-refractivity contribution in [1.29, 1.82) is 0 Å².